The number of nitrogens with zero attached hydrogens (tertiary/aromatic N) is 4. The second-order valence-corrected chi connectivity index (χ2v) is 12.8. The van der Waals surface area contributed by atoms with Crippen molar-refractivity contribution >= 4 is 41.6 Å². The first-order valence-electron chi connectivity index (χ1n) is 16.4. The van der Waals surface area contributed by atoms with Crippen LogP contribution >= 0.6 is 0 Å². The largest absolute Gasteiger partial charge is 0.416 e. The van der Waals surface area contributed by atoms with Gasteiger partial charge in [0.2, 0.25) is 17.7 Å². The summed E-state index contributed by atoms with van der Waals surface area (Å²) in [5, 5.41) is 15.0. The number of amides is 3. The minimum Gasteiger partial charge on any atom is -0.404 e. The van der Waals surface area contributed by atoms with Crippen molar-refractivity contribution in [1.82, 2.24) is 15.1 Å². The molecule has 0 bridgehead atoms. The number of nitriles is 1. The summed E-state index contributed by atoms with van der Waals surface area (Å²) < 4.78 is 36.7. The summed E-state index contributed by atoms with van der Waals surface area (Å²) in [6, 6.07) is 14.3. The highest BCUT2D eigenvalue weighted by molar-refractivity contribution is 6.02. The van der Waals surface area contributed by atoms with Crippen LogP contribution in [0.1, 0.15) is 60.5 Å². The Labute approximate surface area is 299 Å². The Kier molecular flexibility index (Phi) is 20.4. The summed E-state index contributed by atoms with van der Waals surface area (Å²) in [6.07, 6.45) is -1.36. The zero-order chi connectivity index (χ0) is 39.4. The number of aldehydes is 1. The number of rotatable bonds is 9. The first-order valence-corrected chi connectivity index (χ1v) is 16.4. The van der Waals surface area contributed by atoms with Crippen molar-refractivity contribution in [2.75, 3.05) is 32.5 Å². The van der Waals surface area contributed by atoms with Gasteiger partial charge in [0.15, 0.2) is 6.29 Å². The molecule has 2 aromatic carbocycles. The van der Waals surface area contributed by atoms with Crippen LogP contribution in [-0.4, -0.2) is 79.3 Å². The topological polar surface area (TPSA) is 161 Å². The summed E-state index contributed by atoms with van der Waals surface area (Å²) in [5.74, 6) is -1.23. The maximum atomic E-state index is 12.6. The minimum atomic E-state index is -4.37. The summed E-state index contributed by atoms with van der Waals surface area (Å²) in [7, 11) is 3.21. The van der Waals surface area contributed by atoms with Gasteiger partial charge >= 0.3 is 6.18 Å². The highest BCUT2D eigenvalue weighted by atomic mass is 19.4. The van der Waals surface area contributed by atoms with Gasteiger partial charge in [0.05, 0.1) is 35.8 Å². The maximum absolute atomic E-state index is 12.6. The van der Waals surface area contributed by atoms with Crippen molar-refractivity contribution in [3.63, 3.8) is 0 Å². The summed E-state index contributed by atoms with van der Waals surface area (Å²) >= 11 is 0. The van der Waals surface area contributed by atoms with Crippen LogP contribution in [0.15, 0.2) is 71.4 Å². The van der Waals surface area contributed by atoms with Crippen LogP contribution in [0.5, 0.6) is 0 Å². The van der Waals surface area contributed by atoms with Gasteiger partial charge in [-0.05, 0) is 62.2 Å². The molecule has 0 aromatic heterocycles. The smallest absolute Gasteiger partial charge is 0.404 e. The molecule has 0 radical (unpaired) electrons. The lowest BCUT2D eigenvalue weighted by molar-refractivity contribution is -0.140. The van der Waals surface area contributed by atoms with Crippen LogP contribution in [0.4, 0.5) is 24.5 Å². The van der Waals surface area contributed by atoms with E-state index in [2.05, 4.69) is 49.4 Å². The predicted octanol–water partition coefficient (Wildman–Crippen LogP) is 5.96. The van der Waals surface area contributed by atoms with Gasteiger partial charge in [-0.3, -0.25) is 24.2 Å². The van der Waals surface area contributed by atoms with Gasteiger partial charge in [-0.25, -0.2) is 0 Å². The van der Waals surface area contributed by atoms with Crippen LogP contribution in [-0.2, 0) is 25.4 Å². The minimum absolute atomic E-state index is 0.129. The molecular weight excluding hydrogens is 663 g/mol. The number of benzene rings is 2. The van der Waals surface area contributed by atoms with Gasteiger partial charge in [0.25, 0.3) is 0 Å². The average Bonchev–Trinajstić information content (AvgIpc) is 3.54. The number of carbonyl (C=O) groups excluding carboxylic acids is 4. The number of anilines is 1. The molecule has 3 rings (SSSR count). The van der Waals surface area contributed by atoms with Crippen molar-refractivity contribution < 1.29 is 32.3 Å². The van der Waals surface area contributed by atoms with Gasteiger partial charge < -0.3 is 26.2 Å². The fourth-order valence-electron chi connectivity index (χ4n) is 4.01. The van der Waals surface area contributed by atoms with Crippen molar-refractivity contribution in [3.05, 3.63) is 71.9 Å². The Bertz CT molecular complexity index is 1480. The fourth-order valence-corrected chi connectivity index (χ4v) is 4.01. The van der Waals surface area contributed by atoms with E-state index in [1.165, 1.54) is 28.1 Å². The molecule has 1 saturated heterocycles. The number of para-hydroxylation sites is 1. The molecule has 3 amide bonds. The number of hydrogen-bond acceptors (Lipinski definition) is 8. The van der Waals surface area contributed by atoms with Crippen molar-refractivity contribution in [2.45, 2.75) is 73.1 Å². The molecule has 1 fully saturated rings. The van der Waals surface area contributed by atoms with E-state index >= 15 is 0 Å². The second kappa shape index (κ2) is 22.6. The summed E-state index contributed by atoms with van der Waals surface area (Å²) in [5.41, 5.74) is 5.97. The van der Waals surface area contributed by atoms with Crippen molar-refractivity contribution in [3.8, 4) is 6.07 Å². The van der Waals surface area contributed by atoms with Gasteiger partial charge in [-0.15, -0.1) is 0 Å². The van der Waals surface area contributed by atoms with E-state index in [-0.39, 0.29) is 42.8 Å². The van der Waals surface area contributed by atoms with Gasteiger partial charge in [0, 0.05) is 37.3 Å². The third-order valence-electron chi connectivity index (χ3n) is 6.62. The molecule has 1 aliphatic heterocycles. The molecule has 0 aliphatic carbocycles. The second-order valence-electron chi connectivity index (χ2n) is 12.8. The van der Waals surface area contributed by atoms with Gasteiger partial charge in [-0.2, -0.15) is 18.4 Å². The normalized spacial score (nSPS) is 16.1. The van der Waals surface area contributed by atoms with Crippen molar-refractivity contribution in [2.24, 2.45) is 22.1 Å². The van der Waals surface area contributed by atoms with E-state index in [1.54, 1.807) is 33.2 Å². The zero-order valence-electron chi connectivity index (χ0n) is 30.9. The fraction of sp³-hybridized carbons (Fsp3) is 0.459. The average molecular weight is 716 g/mol. The Morgan fingerprint density at radius 2 is 1.63 bits per heavy atom. The lowest BCUT2D eigenvalue weighted by Crippen LogP contribution is -2.47. The lowest BCUT2D eigenvalue weighted by Gasteiger charge is -2.25. The molecule has 51 heavy (non-hydrogen) atoms. The molecular formula is C37H52F3N7O4. The molecule has 14 heteroatoms. The molecule has 1 heterocycles. The Balaban J connectivity index is 0.000000887. The van der Waals surface area contributed by atoms with E-state index in [4.69, 9.17) is 5.73 Å². The molecule has 0 saturated carbocycles. The number of halogens is 3. The molecule has 2 aromatic rings. The predicted molar refractivity (Wildman–Crippen MR) is 195 cm³/mol. The molecule has 0 spiro atoms. The number of nitrogens with two attached hydrogens (primary N) is 1. The quantitative estimate of drug-likeness (QED) is 0.164. The Morgan fingerprint density at radius 1 is 1.08 bits per heavy atom. The van der Waals surface area contributed by atoms with Gasteiger partial charge in [-0.1, -0.05) is 59.7 Å². The molecule has 3 atom stereocenters. The number of likely N-dealkylation sites (tertiary alicyclic amines) is 1. The van der Waals surface area contributed by atoms with E-state index in [1.807, 2.05) is 32.0 Å². The number of allylic oxidation sites excluding steroid dienone is 1. The summed E-state index contributed by atoms with van der Waals surface area (Å²) in [6.45, 7) is 14.5. The number of nitrogens with one attached hydrogen (secondary N) is 2. The molecule has 11 nitrogen and oxygen atoms in total. The number of alkyl halides is 3. The lowest BCUT2D eigenvalue weighted by atomic mass is 10.0. The van der Waals surface area contributed by atoms with Crippen LogP contribution < -0.4 is 16.4 Å². The van der Waals surface area contributed by atoms with Gasteiger partial charge in [0.1, 0.15) is 6.04 Å². The van der Waals surface area contributed by atoms with Crippen LogP contribution in [0.25, 0.3) is 0 Å². The number of aliphatic imine (C=N–C) groups is 1. The summed E-state index contributed by atoms with van der Waals surface area (Å²) in [4.78, 5) is 54.1. The van der Waals surface area contributed by atoms with Crippen LogP contribution in [0, 0.1) is 22.7 Å². The van der Waals surface area contributed by atoms with E-state index in [9.17, 15) is 37.6 Å². The monoisotopic (exact) mass is 715 g/mol. The standard InChI is InChI=1S/C19H25N5O3.C11H9F3N2O.C5H12.C2H6/c1-13(21-2)19(27)23(3)12-17(25)24-11-14(9-16(24)10-20)18(26)22-15-7-5-4-6-8-15;12-11(13,14)9-1-3-10(4-2-9)16-6-8(5-15)7-17;1-5(2,3)4;1-2/h4-8,13-14,16,21H,9,11-12H2,1-3H3,(H,22,26);1-7H,15H2;1-4H3;1-2H3/b;8-5+,16-6?;;. The first-order chi connectivity index (χ1) is 23.8. The van der Waals surface area contributed by atoms with Crippen LogP contribution in [0.3, 0.4) is 0 Å². The van der Waals surface area contributed by atoms with E-state index in [0.29, 0.717) is 23.1 Å². The highest BCUT2D eigenvalue weighted by Crippen LogP contribution is 2.30. The number of likely N-dealkylation sites (N-methyl/N-ethyl adjacent to an activating group) is 2. The van der Waals surface area contributed by atoms with E-state index in [0.717, 1.165) is 18.3 Å². The number of carbonyl (C=O) groups is 4. The van der Waals surface area contributed by atoms with Crippen molar-refractivity contribution in [1.29, 1.82) is 5.26 Å². The Morgan fingerprint density at radius 3 is 2.08 bits per heavy atom. The molecule has 4 N–H and O–H groups in total. The molecule has 280 valence electrons. The Hall–Kier alpha value is -5.03. The third kappa shape index (κ3) is 18.0. The third-order valence-corrected chi connectivity index (χ3v) is 6.62. The molecule has 3 unspecified atom stereocenters. The first kappa shape index (κ1) is 46.0. The highest BCUT2D eigenvalue weighted by Gasteiger charge is 2.39. The maximum Gasteiger partial charge on any atom is 0.416 e. The van der Waals surface area contributed by atoms with Crippen LogP contribution in [0.2, 0.25) is 0 Å². The zero-order valence-corrected chi connectivity index (χ0v) is 30.9. The molecule has 1 aliphatic rings. The number of hydrogen-bond donors (Lipinski definition) is 3. The van der Waals surface area contributed by atoms with E-state index < -0.39 is 29.7 Å². The SMILES string of the molecule is CC.CC(C)(C)C.CNC(C)C(=O)N(C)CC(=O)N1CC(C(=O)Nc2ccccc2)CC1C#N.N/C=C(/C=O)C=Nc1ccc(C(F)(F)F)cc1.